The van der Waals surface area contributed by atoms with E-state index in [2.05, 4.69) is 20.6 Å². The highest BCUT2D eigenvalue weighted by Gasteiger charge is 2.17. The molecule has 2 aromatic carbocycles. The highest BCUT2D eigenvalue weighted by atomic mass is 19.1. The van der Waals surface area contributed by atoms with Crippen molar-refractivity contribution >= 4 is 11.6 Å². The van der Waals surface area contributed by atoms with Crippen molar-refractivity contribution in [2.45, 2.75) is 13.0 Å². The standard InChI is InChI=1S/C23H22FN5O4/c1-15(33-19-10-6-4-8-17(19)24)23(30)25-13-14-32-21-12-11-20-26-27-22(29(20)28-21)16-7-3-5-9-18(16)31-2/h3-12,15H,13-14H2,1-2H3,(H,25,30). The number of hydrogen-bond acceptors (Lipinski definition) is 7. The smallest absolute Gasteiger partial charge is 0.260 e. The molecule has 33 heavy (non-hydrogen) atoms. The zero-order valence-electron chi connectivity index (χ0n) is 18.1. The number of carbonyl (C=O) groups is 1. The van der Waals surface area contributed by atoms with Crippen LogP contribution < -0.4 is 19.5 Å². The minimum atomic E-state index is -0.864. The number of halogens is 1. The highest BCUT2D eigenvalue weighted by molar-refractivity contribution is 5.80. The Labute approximate surface area is 189 Å². The average Bonchev–Trinajstić information content (AvgIpc) is 3.26. The molecule has 0 saturated heterocycles. The van der Waals surface area contributed by atoms with Crippen LogP contribution >= 0.6 is 0 Å². The molecule has 10 heteroatoms. The summed E-state index contributed by atoms with van der Waals surface area (Å²) in [6.45, 7) is 1.93. The van der Waals surface area contributed by atoms with E-state index in [0.29, 0.717) is 23.1 Å². The number of nitrogens with zero attached hydrogens (tertiary/aromatic N) is 4. The second-order valence-corrected chi connectivity index (χ2v) is 7.00. The van der Waals surface area contributed by atoms with Crippen molar-refractivity contribution in [1.82, 2.24) is 25.1 Å². The second-order valence-electron chi connectivity index (χ2n) is 7.00. The van der Waals surface area contributed by atoms with Gasteiger partial charge in [-0.15, -0.1) is 15.3 Å². The predicted molar refractivity (Wildman–Crippen MR) is 118 cm³/mol. The first-order valence-corrected chi connectivity index (χ1v) is 10.2. The van der Waals surface area contributed by atoms with Crippen molar-refractivity contribution in [1.29, 1.82) is 0 Å². The molecule has 170 valence electrons. The normalized spacial score (nSPS) is 11.7. The van der Waals surface area contributed by atoms with Crippen LogP contribution in [-0.2, 0) is 4.79 Å². The van der Waals surface area contributed by atoms with Gasteiger partial charge in [0.05, 0.1) is 19.2 Å². The third kappa shape index (κ3) is 5.00. The SMILES string of the molecule is COc1ccccc1-c1nnc2ccc(OCCNC(=O)C(C)Oc3ccccc3F)nn12. The summed E-state index contributed by atoms with van der Waals surface area (Å²) in [6, 6.07) is 16.8. The Morgan fingerprint density at radius 3 is 2.61 bits per heavy atom. The number of hydrogen-bond donors (Lipinski definition) is 1. The fourth-order valence-electron chi connectivity index (χ4n) is 3.10. The van der Waals surface area contributed by atoms with E-state index >= 15 is 0 Å². The molecule has 0 aliphatic rings. The molecule has 4 aromatic rings. The number of aromatic nitrogens is 4. The molecule has 2 heterocycles. The zero-order chi connectivity index (χ0) is 23.2. The lowest BCUT2D eigenvalue weighted by atomic mass is 10.2. The van der Waals surface area contributed by atoms with Crippen LogP contribution in [0.4, 0.5) is 4.39 Å². The number of methoxy groups -OCH3 is 1. The number of ether oxygens (including phenoxy) is 3. The summed E-state index contributed by atoms with van der Waals surface area (Å²) < 4.78 is 31.7. The van der Waals surface area contributed by atoms with E-state index in [1.807, 2.05) is 24.3 Å². The number of amides is 1. The van der Waals surface area contributed by atoms with Gasteiger partial charge in [0.25, 0.3) is 5.91 Å². The molecule has 1 N–H and O–H groups in total. The molecule has 0 radical (unpaired) electrons. The van der Waals surface area contributed by atoms with Gasteiger partial charge in [-0.25, -0.2) is 4.39 Å². The lowest BCUT2D eigenvalue weighted by molar-refractivity contribution is -0.127. The summed E-state index contributed by atoms with van der Waals surface area (Å²) in [5, 5.41) is 15.5. The Morgan fingerprint density at radius 1 is 1.06 bits per heavy atom. The topological polar surface area (TPSA) is 99.9 Å². The Bertz CT molecular complexity index is 1260. The number of benzene rings is 2. The van der Waals surface area contributed by atoms with E-state index in [1.54, 1.807) is 42.8 Å². The summed E-state index contributed by atoms with van der Waals surface area (Å²) in [7, 11) is 1.58. The van der Waals surface area contributed by atoms with Crippen molar-refractivity contribution in [3.63, 3.8) is 0 Å². The summed E-state index contributed by atoms with van der Waals surface area (Å²) in [6.07, 6.45) is -0.864. The number of fused-ring (bicyclic) bond motifs is 1. The third-order valence-electron chi connectivity index (χ3n) is 4.75. The lowest BCUT2D eigenvalue weighted by Crippen LogP contribution is -2.38. The number of nitrogens with one attached hydrogen (secondary N) is 1. The Hall–Kier alpha value is -4.21. The minimum Gasteiger partial charge on any atom is -0.496 e. The van der Waals surface area contributed by atoms with Gasteiger partial charge < -0.3 is 19.5 Å². The molecule has 2 aromatic heterocycles. The van der Waals surface area contributed by atoms with E-state index in [0.717, 1.165) is 5.56 Å². The fourth-order valence-corrected chi connectivity index (χ4v) is 3.10. The first-order chi connectivity index (χ1) is 16.1. The Kier molecular flexibility index (Phi) is 6.63. The van der Waals surface area contributed by atoms with Crippen LogP contribution in [0.1, 0.15) is 6.92 Å². The minimum absolute atomic E-state index is 0.0219. The van der Waals surface area contributed by atoms with Crippen molar-refractivity contribution in [2.24, 2.45) is 0 Å². The van der Waals surface area contributed by atoms with Gasteiger partial charge >= 0.3 is 0 Å². The largest absolute Gasteiger partial charge is 0.496 e. The highest BCUT2D eigenvalue weighted by Crippen LogP contribution is 2.28. The van der Waals surface area contributed by atoms with Gasteiger partial charge in [-0.1, -0.05) is 24.3 Å². The van der Waals surface area contributed by atoms with Crippen LogP contribution in [-0.4, -0.2) is 52.1 Å². The van der Waals surface area contributed by atoms with Crippen LogP contribution in [0.3, 0.4) is 0 Å². The molecule has 1 amide bonds. The maximum Gasteiger partial charge on any atom is 0.260 e. The quantitative estimate of drug-likeness (QED) is 0.391. The number of carbonyl (C=O) groups excluding carboxylic acids is 1. The van der Waals surface area contributed by atoms with Gasteiger partial charge in [0.1, 0.15) is 12.4 Å². The maximum absolute atomic E-state index is 13.7. The van der Waals surface area contributed by atoms with Crippen LogP contribution in [0.2, 0.25) is 0 Å². The lowest BCUT2D eigenvalue weighted by Gasteiger charge is -2.15. The molecule has 1 unspecified atom stereocenters. The number of rotatable bonds is 9. The molecule has 1 atom stereocenters. The Morgan fingerprint density at radius 2 is 1.82 bits per heavy atom. The molecule has 0 bridgehead atoms. The summed E-state index contributed by atoms with van der Waals surface area (Å²) in [4.78, 5) is 12.2. The summed E-state index contributed by atoms with van der Waals surface area (Å²) >= 11 is 0. The molecular formula is C23H22FN5O4. The number of para-hydroxylation sites is 2. The van der Waals surface area contributed by atoms with Crippen molar-refractivity contribution in [3.05, 3.63) is 66.5 Å². The molecule has 0 fully saturated rings. The maximum atomic E-state index is 13.7. The Balaban J connectivity index is 1.35. The average molecular weight is 451 g/mol. The first kappa shape index (κ1) is 22.0. The third-order valence-corrected chi connectivity index (χ3v) is 4.75. The fraction of sp³-hybridized carbons (Fsp3) is 0.217. The van der Waals surface area contributed by atoms with Gasteiger partial charge in [-0.2, -0.15) is 4.52 Å². The molecule has 9 nitrogen and oxygen atoms in total. The molecule has 0 saturated carbocycles. The van der Waals surface area contributed by atoms with Crippen molar-refractivity contribution in [2.75, 3.05) is 20.3 Å². The van der Waals surface area contributed by atoms with Crippen LogP contribution in [0.5, 0.6) is 17.4 Å². The first-order valence-electron chi connectivity index (χ1n) is 10.2. The van der Waals surface area contributed by atoms with E-state index in [9.17, 15) is 9.18 Å². The van der Waals surface area contributed by atoms with E-state index < -0.39 is 11.9 Å². The molecule has 0 aliphatic carbocycles. The monoisotopic (exact) mass is 451 g/mol. The molecular weight excluding hydrogens is 429 g/mol. The molecule has 0 spiro atoms. The van der Waals surface area contributed by atoms with Crippen LogP contribution in [0.25, 0.3) is 17.0 Å². The molecule has 0 aliphatic heterocycles. The van der Waals surface area contributed by atoms with Gasteiger partial charge in [0, 0.05) is 6.07 Å². The van der Waals surface area contributed by atoms with E-state index in [4.69, 9.17) is 14.2 Å². The zero-order valence-corrected chi connectivity index (χ0v) is 18.1. The van der Waals surface area contributed by atoms with Crippen LogP contribution in [0, 0.1) is 5.82 Å². The second kappa shape index (κ2) is 9.94. The van der Waals surface area contributed by atoms with Crippen molar-refractivity contribution in [3.8, 4) is 28.8 Å². The van der Waals surface area contributed by atoms with Gasteiger partial charge in [-0.05, 0) is 37.3 Å². The van der Waals surface area contributed by atoms with E-state index in [1.165, 1.54) is 12.1 Å². The van der Waals surface area contributed by atoms with Crippen molar-refractivity contribution < 1.29 is 23.4 Å². The predicted octanol–water partition coefficient (Wildman–Crippen LogP) is 2.90. The molecule has 4 rings (SSSR count). The van der Waals surface area contributed by atoms with Gasteiger partial charge in [0.15, 0.2) is 29.1 Å². The summed E-state index contributed by atoms with van der Waals surface area (Å²) in [5.41, 5.74) is 1.30. The van der Waals surface area contributed by atoms with Gasteiger partial charge in [-0.3, -0.25) is 4.79 Å². The summed E-state index contributed by atoms with van der Waals surface area (Å²) in [5.74, 6) is 0.609. The van der Waals surface area contributed by atoms with E-state index in [-0.39, 0.29) is 24.8 Å². The van der Waals surface area contributed by atoms with Gasteiger partial charge in [0.2, 0.25) is 5.88 Å². The van der Waals surface area contributed by atoms with Crippen LogP contribution in [0.15, 0.2) is 60.7 Å².